The molecule has 5 N–H and O–H groups in total. The molecule has 2 fully saturated rings. The summed E-state index contributed by atoms with van der Waals surface area (Å²) in [7, 11) is 0. The van der Waals surface area contributed by atoms with Gasteiger partial charge in [-0.25, -0.2) is 10.5 Å². The lowest BCUT2D eigenvalue weighted by atomic mass is 9.95. The summed E-state index contributed by atoms with van der Waals surface area (Å²) in [5, 5.41) is 18.4. The van der Waals surface area contributed by atoms with Gasteiger partial charge in [0.15, 0.2) is 0 Å². The first kappa shape index (κ1) is 32.3. The molecule has 3 aromatic rings. The number of rotatable bonds is 16. The van der Waals surface area contributed by atoms with Crippen LogP contribution in [0.1, 0.15) is 55.3 Å². The summed E-state index contributed by atoms with van der Waals surface area (Å²) in [5.41, 5.74) is 9.77. The Hall–Kier alpha value is -4.09. The monoisotopic (exact) mass is 612 g/mol. The minimum atomic E-state index is 0.0612. The van der Waals surface area contributed by atoms with Crippen LogP contribution in [0.15, 0.2) is 71.6 Å². The molecule has 2 heterocycles. The van der Waals surface area contributed by atoms with Crippen molar-refractivity contribution in [1.82, 2.24) is 30.8 Å². The quantitative estimate of drug-likeness (QED) is 0.116. The van der Waals surface area contributed by atoms with E-state index in [1.807, 2.05) is 59.5 Å². The molecule has 1 aromatic heterocycles. The van der Waals surface area contributed by atoms with Crippen molar-refractivity contribution in [3.8, 4) is 0 Å². The molecule has 0 bridgehead atoms. The molecule has 1 saturated carbocycles. The Labute approximate surface area is 266 Å². The number of carbonyl (C=O) groups excluding carboxylic acids is 1. The highest BCUT2D eigenvalue weighted by Crippen LogP contribution is 2.26. The van der Waals surface area contributed by atoms with Gasteiger partial charge in [-0.3, -0.25) is 4.79 Å². The number of amides is 1. The highest BCUT2D eigenvalue weighted by molar-refractivity contribution is 5.94. The third-order valence-electron chi connectivity index (χ3n) is 8.55. The van der Waals surface area contributed by atoms with E-state index in [2.05, 4.69) is 31.3 Å². The molecule has 1 amide bonds. The summed E-state index contributed by atoms with van der Waals surface area (Å²) in [6.45, 7) is 6.83. The number of piperazine rings is 1. The molecule has 0 radical (unpaired) electrons. The first-order chi connectivity index (χ1) is 22.2. The standard InChI is InChI=1S/C34H48N10O/c35-42-29(25-37-19-9-17-36-18-10-20-38-28-13-5-2-6-14-28)26-39-34-40-31-16-8-7-15-30(31)32(41-34)43-21-23-44(24-22-43)33(45)27-11-3-1-4-12-27/h1,3-4,7-8,11-12,15-16,25,28,35-38H,2,5-6,9-10,13-14,17-24,26H2,(H,39,40,41)/b29-25-,42-35?. The van der Waals surface area contributed by atoms with E-state index in [0.717, 1.165) is 61.8 Å². The van der Waals surface area contributed by atoms with Crippen LogP contribution in [0.3, 0.4) is 0 Å². The largest absolute Gasteiger partial charge is 0.389 e. The number of hydrogen-bond donors (Lipinski definition) is 5. The van der Waals surface area contributed by atoms with Gasteiger partial charge in [-0.05, 0) is 69.6 Å². The Morgan fingerprint density at radius 2 is 1.62 bits per heavy atom. The van der Waals surface area contributed by atoms with Crippen molar-refractivity contribution in [2.45, 2.75) is 51.0 Å². The second-order valence-corrected chi connectivity index (χ2v) is 11.8. The minimum Gasteiger partial charge on any atom is -0.389 e. The van der Waals surface area contributed by atoms with Gasteiger partial charge >= 0.3 is 0 Å². The Bertz CT molecular complexity index is 1380. The predicted octanol–water partition coefficient (Wildman–Crippen LogP) is 4.76. The lowest BCUT2D eigenvalue weighted by molar-refractivity contribution is 0.0746. The zero-order valence-electron chi connectivity index (χ0n) is 26.3. The van der Waals surface area contributed by atoms with Crippen LogP contribution in [0, 0.1) is 5.53 Å². The summed E-state index contributed by atoms with van der Waals surface area (Å²) in [6, 6.07) is 18.2. The number of nitrogens with zero attached hydrogens (tertiary/aromatic N) is 5. The number of carbonyl (C=O) groups is 1. The van der Waals surface area contributed by atoms with Gasteiger partial charge in [-0.1, -0.05) is 49.6 Å². The maximum Gasteiger partial charge on any atom is 0.253 e. The second-order valence-electron chi connectivity index (χ2n) is 11.8. The number of hydrogen-bond acceptors (Lipinski definition) is 10. The van der Waals surface area contributed by atoms with Crippen LogP contribution in [-0.4, -0.2) is 85.7 Å². The number of fused-ring (bicyclic) bond motifs is 1. The van der Waals surface area contributed by atoms with Gasteiger partial charge in [0, 0.05) is 55.9 Å². The van der Waals surface area contributed by atoms with E-state index in [0.29, 0.717) is 49.9 Å². The lowest BCUT2D eigenvalue weighted by Crippen LogP contribution is -2.49. The molecule has 0 unspecified atom stereocenters. The van der Waals surface area contributed by atoms with Crippen LogP contribution < -0.4 is 26.2 Å². The highest BCUT2D eigenvalue weighted by Gasteiger charge is 2.24. The fraction of sp³-hybridized carbons (Fsp3) is 0.500. The number of benzene rings is 2. The number of aromatic nitrogens is 2. The summed E-state index contributed by atoms with van der Waals surface area (Å²) in [6.07, 6.45) is 10.8. The summed E-state index contributed by atoms with van der Waals surface area (Å²) in [4.78, 5) is 26.7. The normalized spacial score (nSPS) is 16.1. The van der Waals surface area contributed by atoms with Crippen molar-refractivity contribution in [3.63, 3.8) is 0 Å². The van der Waals surface area contributed by atoms with Crippen molar-refractivity contribution in [2.24, 2.45) is 5.11 Å². The molecule has 2 aliphatic rings. The third kappa shape index (κ3) is 9.70. The summed E-state index contributed by atoms with van der Waals surface area (Å²) >= 11 is 0. The zero-order valence-corrected chi connectivity index (χ0v) is 26.3. The van der Waals surface area contributed by atoms with Crippen molar-refractivity contribution < 1.29 is 4.79 Å². The molecule has 11 heteroatoms. The second kappa shape index (κ2) is 17.4. The van der Waals surface area contributed by atoms with E-state index in [9.17, 15) is 4.79 Å². The predicted molar refractivity (Wildman–Crippen MR) is 181 cm³/mol. The van der Waals surface area contributed by atoms with Crippen LogP contribution >= 0.6 is 0 Å². The summed E-state index contributed by atoms with van der Waals surface area (Å²) in [5.74, 6) is 1.40. The SMILES string of the molecule is N=N/C(=C\NCCCNCCCNC1CCCCC1)CNc1nc(N2CCN(C(=O)c3ccccc3)CC2)c2ccccc2n1. The topological polar surface area (TPSA) is 134 Å². The van der Waals surface area contributed by atoms with Crippen molar-refractivity contribution in [3.05, 3.63) is 72.1 Å². The molecule has 1 saturated heterocycles. The van der Waals surface area contributed by atoms with Crippen LogP contribution in [-0.2, 0) is 0 Å². The molecule has 240 valence electrons. The van der Waals surface area contributed by atoms with Gasteiger partial charge in [0.25, 0.3) is 5.91 Å². The van der Waals surface area contributed by atoms with Gasteiger partial charge in [-0.15, -0.1) is 0 Å². The maximum absolute atomic E-state index is 12.9. The van der Waals surface area contributed by atoms with E-state index in [1.165, 1.54) is 32.1 Å². The number of para-hydroxylation sites is 1. The van der Waals surface area contributed by atoms with E-state index in [1.54, 1.807) is 6.20 Å². The van der Waals surface area contributed by atoms with E-state index in [-0.39, 0.29) is 5.91 Å². The molecular weight excluding hydrogens is 564 g/mol. The van der Waals surface area contributed by atoms with Crippen molar-refractivity contribution in [1.29, 1.82) is 5.53 Å². The Balaban J connectivity index is 1.06. The number of anilines is 2. The Kier molecular flexibility index (Phi) is 12.5. The van der Waals surface area contributed by atoms with Gasteiger partial charge in [-0.2, -0.15) is 10.1 Å². The van der Waals surface area contributed by atoms with E-state index < -0.39 is 0 Å². The average molecular weight is 613 g/mol. The van der Waals surface area contributed by atoms with Gasteiger partial charge in [0.2, 0.25) is 5.95 Å². The molecule has 1 aliphatic heterocycles. The van der Waals surface area contributed by atoms with Crippen molar-refractivity contribution >= 4 is 28.6 Å². The lowest BCUT2D eigenvalue weighted by Gasteiger charge is -2.36. The van der Waals surface area contributed by atoms with E-state index >= 15 is 0 Å². The molecule has 5 rings (SSSR count). The molecule has 45 heavy (non-hydrogen) atoms. The summed E-state index contributed by atoms with van der Waals surface area (Å²) < 4.78 is 0. The van der Waals surface area contributed by atoms with Gasteiger partial charge in [0.05, 0.1) is 17.8 Å². The van der Waals surface area contributed by atoms with Crippen LogP contribution in [0.2, 0.25) is 0 Å². The molecule has 0 spiro atoms. The fourth-order valence-corrected chi connectivity index (χ4v) is 6.01. The number of nitrogens with one attached hydrogen (secondary N) is 5. The fourth-order valence-electron chi connectivity index (χ4n) is 6.01. The Morgan fingerprint density at radius 3 is 2.40 bits per heavy atom. The third-order valence-corrected chi connectivity index (χ3v) is 8.55. The van der Waals surface area contributed by atoms with Crippen molar-refractivity contribution in [2.75, 3.05) is 69.1 Å². The maximum atomic E-state index is 12.9. The zero-order chi connectivity index (χ0) is 31.1. The van der Waals surface area contributed by atoms with Gasteiger partial charge < -0.3 is 31.1 Å². The molecular formula is C34H48N10O. The van der Waals surface area contributed by atoms with Crippen LogP contribution in [0.4, 0.5) is 11.8 Å². The average Bonchev–Trinajstić information content (AvgIpc) is 3.10. The smallest absolute Gasteiger partial charge is 0.253 e. The van der Waals surface area contributed by atoms with Crippen LogP contribution in [0.25, 0.3) is 10.9 Å². The molecule has 0 atom stereocenters. The highest BCUT2D eigenvalue weighted by atomic mass is 16.2. The molecule has 2 aromatic carbocycles. The molecule has 11 nitrogen and oxygen atoms in total. The van der Waals surface area contributed by atoms with Gasteiger partial charge in [0.1, 0.15) is 5.82 Å². The van der Waals surface area contributed by atoms with Crippen LogP contribution in [0.5, 0.6) is 0 Å². The molecule has 1 aliphatic carbocycles. The van der Waals surface area contributed by atoms with E-state index in [4.69, 9.17) is 15.5 Å². The first-order valence-electron chi connectivity index (χ1n) is 16.5. The minimum absolute atomic E-state index is 0.0612. The Morgan fingerprint density at radius 1 is 0.889 bits per heavy atom. The first-order valence-corrected chi connectivity index (χ1v) is 16.5.